The molecule has 0 atom stereocenters. The second kappa shape index (κ2) is 7.31. The van der Waals surface area contributed by atoms with E-state index < -0.39 is 4.92 Å². The second-order valence-corrected chi connectivity index (χ2v) is 8.45. The smallest absolute Gasteiger partial charge is 0.275 e. The molecule has 2 aromatic carbocycles. The fourth-order valence-corrected chi connectivity index (χ4v) is 4.78. The van der Waals surface area contributed by atoms with Gasteiger partial charge in [0.2, 0.25) is 0 Å². The fraction of sp³-hybridized carbons (Fsp3) is 0.130. The van der Waals surface area contributed by atoms with Gasteiger partial charge in [-0.25, -0.2) is 9.38 Å². The maximum Gasteiger partial charge on any atom is 0.275 e. The third kappa shape index (κ3) is 3.14. The number of nitro groups is 1. The van der Waals surface area contributed by atoms with E-state index >= 15 is 0 Å². The van der Waals surface area contributed by atoms with Gasteiger partial charge < -0.3 is 9.15 Å². The van der Waals surface area contributed by atoms with Crippen LogP contribution in [0, 0.1) is 24.0 Å². The number of nitrogens with zero attached hydrogens (tertiary/aromatic N) is 3. The van der Waals surface area contributed by atoms with E-state index in [0.717, 1.165) is 22.2 Å². The molecule has 0 bridgehead atoms. The first kappa shape index (κ1) is 20.0. The number of rotatable bonds is 4. The van der Waals surface area contributed by atoms with E-state index in [-0.39, 0.29) is 11.2 Å². The molecule has 32 heavy (non-hydrogen) atoms. The van der Waals surface area contributed by atoms with Crippen LogP contribution < -0.4 is 14.8 Å². The Morgan fingerprint density at radius 2 is 2.00 bits per heavy atom. The summed E-state index contributed by atoms with van der Waals surface area (Å²) in [6.07, 6.45) is 1.66. The molecule has 160 valence electrons. The zero-order valence-electron chi connectivity index (χ0n) is 17.4. The minimum atomic E-state index is -0.474. The number of aryl methyl sites for hydroxylation is 2. The van der Waals surface area contributed by atoms with Crippen molar-refractivity contribution >= 4 is 39.1 Å². The minimum Gasteiger partial charge on any atom is -0.496 e. The van der Waals surface area contributed by atoms with Crippen LogP contribution in [0.4, 0.5) is 5.69 Å². The van der Waals surface area contributed by atoms with Gasteiger partial charge in [0.1, 0.15) is 21.8 Å². The lowest BCUT2D eigenvalue weighted by Crippen LogP contribution is -2.22. The summed E-state index contributed by atoms with van der Waals surface area (Å²) in [5, 5.41) is 11.1. The topological polar surface area (TPSA) is 99.9 Å². The van der Waals surface area contributed by atoms with Crippen molar-refractivity contribution in [3.8, 4) is 17.1 Å². The molecule has 0 fully saturated rings. The van der Waals surface area contributed by atoms with Crippen LogP contribution in [0.25, 0.3) is 33.4 Å². The van der Waals surface area contributed by atoms with Crippen molar-refractivity contribution in [3.63, 3.8) is 0 Å². The first-order chi connectivity index (χ1) is 15.4. The molecular weight excluding hydrogens is 430 g/mol. The Morgan fingerprint density at radius 1 is 1.19 bits per heavy atom. The van der Waals surface area contributed by atoms with E-state index in [1.165, 1.54) is 36.6 Å². The average molecular weight is 447 g/mol. The summed E-state index contributed by atoms with van der Waals surface area (Å²) in [5.41, 5.74) is 3.94. The second-order valence-electron chi connectivity index (χ2n) is 7.44. The molecule has 0 radical (unpaired) electrons. The zero-order chi connectivity index (χ0) is 22.6. The highest BCUT2D eigenvalue weighted by Gasteiger charge is 2.17. The molecule has 0 unspecified atom stereocenters. The molecule has 0 amide bonds. The summed E-state index contributed by atoms with van der Waals surface area (Å²) < 4.78 is 13.3. The average Bonchev–Trinajstić information content (AvgIpc) is 3.44. The first-order valence-corrected chi connectivity index (χ1v) is 10.5. The van der Waals surface area contributed by atoms with Gasteiger partial charge in [-0.2, -0.15) is 0 Å². The van der Waals surface area contributed by atoms with Crippen LogP contribution in [0.1, 0.15) is 16.9 Å². The summed E-state index contributed by atoms with van der Waals surface area (Å²) in [6.45, 7) is 3.97. The van der Waals surface area contributed by atoms with Gasteiger partial charge in [-0.05, 0) is 49.2 Å². The van der Waals surface area contributed by atoms with Gasteiger partial charge in [0.15, 0.2) is 4.96 Å². The van der Waals surface area contributed by atoms with Crippen molar-refractivity contribution in [2.45, 2.75) is 13.8 Å². The van der Waals surface area contributed by atoms with Crippen molar-refractivity contribution < 1.29 is 14.1 Å². The molecule has 5 rings (SSSR count). The van der Waals surface area contributed by atoms with Crippen molar-refractivity contribution in [2.24, 2.45) is 0 Å². The normalized spacial score (nSPS) is 12.2. The standard InChI is InChI=1S/C23H17N3O5S/c1-12-8-13(2)21-17(9-12)25-22(27)20(32-23(25)24-21)11-15-5-7-19(31-15)16-10-14(26(28)29)4-6-18(16)30-3/h4-11H,1-3H3. The zero-order valence-corrected chi connectivity index (χ0v) is 18.2. The molecule has 5 aromatic rings. The van der Waals surface area contributed by atoms with Crippen LogP contribution >= 0.6 is 11.3 Å². The number of hydrogen-bond donors (Lipinski definition) is 0. The number of benzene rings is 2. The van der Waals surface area contributed by atoms with Crippen LogP contribution in [0.5, 0.6) is 5.75 Å². The summed E-state index contributed by atoms with van der Waals surface area (Å²) in [6, 6.07) is 11.7. The highest BCUT2D eigenvalue weighted by molar-refractivity contribution is 7.15. The van der Waals surface area contributed by atoms with Gasteiger partial charge in [0.25, 0.3) is 11.2 Å². The Hall–Kier alpha value is -3.98. The molecule has 0 aliphatic rings. The summed E-state index contributed by atoms with van der Waals surface area (Å²) in [7, 11) is 1.49. The molecule has 0 N–H and O–H groups in total. The van der Waals surface area contributed by atoms with Crippen molar-refractivity contribution in [2.75, 3.05) is 7.11 Å². The van der Waals surface area contributed by atoms with Gasteiger partial charge >= 0.3 is 0 Å². The molecule has 0 spiro atoms. The third-order valence-corrected chi connectivity index (χ3v) is 6.21. The van der Waals surface area contributed by atoms with E-state index in [0.29, 0.717) is 32.3 Å². The molecule has 0 saturated carbocycles. The molecule has 3 aromatic heterocycles. The van der Waals surface area contributed by atoms with Crippen LogP contribution in [-0.4, -0.2) is 21.4 Å². The van der Waals surface area contributed by atoms with Crippen molar-refractivity contribution in [1.29, 1.82) is 0 Å². The molecule has 3 heterocycles. The number of fused-ring (bicyclic) bond motifs is 3. The Morgan fingerprint density at radius 3 is 2.75 bits per heavy atom. The third-order valence-electron chi connectivity index (χ3n) is 5.24. The van der Waals surface area contributed by atoms with Gasteiger partial charge in [-0.3, -0.25) is 14.9 Å². The summed E-state index contributed by atoms with van der Waals surface area (Å²) in [5.74, 6) is 1.31. The summed E-state index contributed by atoms with van der Waals surface area (Å²) in [4.78, 5) is 29.0. The maximum atomic E-state index is 13.1. The van der Waals surface area contributed by atoms with E-state index in [1.807, 2.05) is 26.0 Å². The highest BCUT2D eigenvalue weighted by atomic mass is 32.1. The van der Waals surface area contributed by atoms with Crippen LogP contribution in [0.15, 0.2) is 51.7 Å². The predicted octanol–water partition coefficient (Wildman–Crippen LogP) is 4.25. The molecule has 0 aliphatic carbocycles. The Labute approximate surface area is 185 Å². The fourth-order valence-electron chi connectivity index (χ4n) is 3.82. The lowest BCUT2D eigenvalue weighted by Gasteiger charge is -2.05. The van der Waals surface area contributed by atoms with Crippen molar-refractivity contribution in [3.05, 3.63) is 84.4 Å². The lowest BCUT2D eigenvalue weighted by molar-refractivity contribution is -0.384. The Balaban J connectivity index is 1.62. The molecule has 0 aliphatic heterocycles. The number of non-ortho nitro benzene ring substituents is 1. The Kier molecular flexibility index (Phi) is 4.56. The molecular formula is C23H17N3O5S. The monoisotopic (exact) mass is 447 g/mol. The quantitative estimate of drug-likeness (QED) is 0.302. The number of nitro benzene ring substituents is 1. The van der Waals surface area contributed by atoms with E-state index in [1.54, 1.807) is 22.6 Å². The van der Waals surface area contributed by atoms with Gasteiger partial charge in [-0.15, -0.1) is 0 Å². The van der Waals surface area contributed by atoms with Crippen LogP contribution in [0.2, 0.25) is 0 Å². The van der Waals surface area contributed by atoms with Gasteiger partial charge in [0, 0.05) is 18.2 Å². The van der Waals surface area contributed by atoms with E-state index in [4.69, 9.17) is 9.15 Å². The number of ether oxygens (including phenoxy) is 1. The molecule has 0 saturated heterocycles. The Bertz CT molecular complexity index is 1640. The highest BCUT2D eigenvalue weighted by Crippen LogP contribution is 2.34. The number of methoxy groups -OCH3 is 1. The molecule has 8 nitrogen and oxygen atoms in total. The number of furan rings is 1. The van der Waals surface area contributed by atoms with Crippen LogP contribution in [-0.2, 0) is 0 Å². The van der Waals surface area contributed by atoms with Crippen molar-refractivity contribution in [1.82, 2.24) is 9.38 Å². The van der Waals surface area contributed by atoms with Gasteiger partial charge in [-0.1, -0.05) is 17.4 Å². The summed E-state index contributed by atoms with van der Waals surface area (Å²) >= 11 is 1.29. The minimum absolute atomic E-state index is 0.0680. The van der Waals surface area contributed by atoms with Gasteiger partial charge in [0.05, 0.1) is 28.6 Å². The number of hydrogen-bond acceptors (Lipinski definition) is 7. The van der Waals surface area contributed by atoms with E-state index in [9.17, 15) is 14.9 Å². The van der Waals surface area contributed by atoms with Crippen LogP contribution in [0.3, 0.4) is 0 Å². The SMILES string of the molecule is COc1ccc([N+](=O)[O-])cc1-c1ccc(C=c2sc3nc4c(C)cc(C)cc4n3c2=O)o1. The number of aromatic nitrogens is 2. The lowest BCUT2D eigenvalue weighted by atomic mass is 10.1. The number of imidazole rings is 1. The van der Waals surface area contributed by atoms with E-state index in [2.05, 4.69) is 4.98 Å². The number of thiazole rings is 1. The maximum absolute atomic E-state index is 13.1. The first-order valence-electron chi connectivity index (χ1n) is 9.72. The largest absolute Gasteiger partial charge is 0.496 e. The molecule has 9 heteroatoms. The predicted molar refractivity (Wildman–Crippen MR) is 122 cm³/mol.